The summed E-state index contributed by atoms with van der Waals surface area (Å²) in [6.07, 6.45) is 8.17. The Morgan fingerprint density at radius 1 is 1.02 bits per heavy atom. The van der Waals surface area contributed by atoms with Crippen molar-refractivity contribution in [3.05, 3.63) is 23.3 Å². The predicted molar refractivity (Wildman–Crippen MR) is 160 cm³/mol. The van der Waals surface area contributed by atoms with Gasteiger partial charge in [-0.3, -0.25) is 9.59 Å². The molecule has 0 bridgehead atoms. The van der Waals surface area contributed by atoms with E-state index in [9.17, 15) is 18.0 Å². The SMILES string of the molecule is COc1cc(C)c(S(=O)(=O)N(C)CCOCC(=O)N(C)CC2CCC(NC(=O)CCN3CCCCC3)CC2)c(C)c1. The average Bonchev–Trinajstić information content (AvgIpc) is 2.94. The Hall–Kier alpha value is -2.21. The molecular weight excluding hydrogens is 544 g/mol. The van der Waals surface area contributed by atoms with Gasteiger partial charge >= 0.3 is 0 Å². The molecule has 0 unspecified atom stereocenters. The molecule has 10 nitrogen and oxygen atoms in total. The Kier molecular flexibility index (Phi) is 12.9. The molecule has 2 amide bonds. The third-order valence-electron chi connectivity index (χ3n) is 8.39. The van der Waals surface area contributed by atoms with E-state index in [0.29, 0.717) is 35.8 Å². The fraction of sp³-hybridized carbons (Fsp3) is 0.733. The van der Waals surface area contributed by atoms with Gasteiger partial charge < -0.3 is 24.6 Å². The number of aryl methyl sites for hydroxylation is 2. The van der Waals surface area contributed by atoms with Crippen molar-refractivity contribution in [3.8, 4) is 5.75 Å². The number of ether oxygens (including phenoxy) is 2. The van der Waals surface area contributed by atoms with Crippen molar-refractivity contribution in [2.24, 2.45) is 5.92 Å². The molecule has 1 aliphatic carbocycles. The van der Waals surface area contributed by atoms with Gasteiger partial charge in [-0.1, -0.05) is 6.42 Å². The Morgan fingerprint density at radius 2 is 1.66 bits per heavy atom. The lowest BCUT2D eigenvalue weighted by Gasteiger charge is -2.32. The maximum Gasteiger partial charge on any atom is 0.248 e. The number of piperidine rings is 1. The molecule has 1 N–H and O–H groups in total. The van der Waals surface area contributed by atoms with Gasteiger partial charge in [0.05, 0.1) is 18.6 Å². The fourth-order valence-corrected chi connectivity index (χ4v) is 7.45. The zero-order valence-corrected chi connectivity index (χ0v) is 26.4. The van der Waals surface area contributed by atoms with Crippen LogP contribution in [-0.2, 0) is 24.3 Å². The molecule has 1 aromatic rings. The molecule has 0 atom stereocenters. The fourth-order valence-electron chi connectivity index (χ4n) is 5.90. The van der Waals surface area contributed by atoms with Gasteiger partial charge in [0, 0.05) is 46.2 Å². The maximum atomic E-state index is 13.1. The minimum atomic E-state index is -3.71. The van der Waals surface area contributed by atoms with Crippen molar-refractivity contribution in [1.29, 1.82) is 0 Å². The van der Waals surface area contributed by atoms with Crippen LogP contribution in [0.15, 0.2) is 17.0 Å². The molecule has 2 aliphatic rings. The van der Waals surface area contributed by atoms with Crippen LogP contribution in [0.25, 0.3) is 0 Å². The van der Waals surface area contributed by atoms with E-state index in [4.69, 9.17) is 9.47 Å². The Balaban J connectivity index is 1.32. The highest BCUT2D eigenvalue weighted by Crippen LogP contribution is 2.28. The van der Waals surface area contributed by atoms with Crippen LogP contribution in [0.5, 0.6) is 5.75 Å². The normalized spacial score (nSPS) is 20.1. The van der Waals surface area contributed by atoms with Crippen LogP contribution < -0.4 is 10.1 Å². The van der Waals surface area contributed by atoms with E-state index >= 15 is 0 Å². The summed E-state index contributed by atoms with van der Waals surface area (Å²) < 4.78 is 38.3. The summed E-state index contributed by atoms with van der Waals surface area (Å²) in [6.45, 7) is 7.39. The third-order valence-corrected chi connectivity index (χ3v) is 10.6. The summed E-state index contributed by atoms with van der Waals surface area (Å²) in [6, 6.07) is 3.64. The highest BCUT2D eigenvalue weighted by Gasteiger charge is 2.27. The van der Waals surface area contributed by atoms with Crippen LogP contribution >= 0.6 is 0 Å². The van der Waals surface area contributed by atoms with E-state index in [1.165, 1.54) is 30.6 Å². The number of carbonyl (C=O) groups excluding carboxylic acids is 2. The summed E-state index contributed by atoms with van der Waals surface area (Å²) >= 11 is 0. The second-order valence-electron chi connectivity index (χ2n) is 11.7. The summed E-state index contributed by atoms with van der Waals surface area (Å²) in [5.41, 5.74) is 1.24. The Bertz CT molecular complexity index is 1090. The number of benzene rings is 1. The van der Waals surface area contributed by atoms with Crippen molar-refractivity contribution < 1.29 is 27.5 Å². The minimum absolute atomic E-state index is 0.0899. The van der Waals surface area contributed by atoms with Crippen molar-refractivity contribution in [1.82, 2.24) is 19.4 Å². The van der Waals surface area contributed by atoms with Crippen molar-refractivity contribution in [2.45, 2.75) is 76.2 Å². The van der Waals surface area contributed by atoms with E-state index in [1.54, 1.807) is 45.0 Å². The number of methoxy groups -OCH3 is 1. The van der Waals surface area contributed by atoms with Gasteiger partial charge in [0.1, 0.15) is 12.4 Å². The maximum absolute atomic E-state index is 13.1. The smallest absolute Gasteiger partial charge is 0.248 e. The van der Waals surface area contributed by atoms with Crippen LogP contribution in [0, 0.1) is 19.8 Å². The molecule has 41 heavy (non-hydrogen) atoms. The zero-order chi connectivity index (χ0) is 30.0. The lowest BCUT2D eigenvalue weighted by atomic mass is 9.85. The van der Waals surface area contributed by atoms with Gasteiger partial charge in [-0.05, 0) is 94.6 Å². The van der Waals surface area contributed by atoms with E-state index < -0.39 is 10.0 Å². The molecule has 1 heterocycles. The van der Waals surface area contributed by atoms with Gasteiger partial charge in [0.25, 0.3) is 0 Å². The van der Waals surface area contributed by atoms with Crippen molar-refractivity contribution in [2.75, 3.05) is 67.1 Å². The van der Waals surface area contributed by atoms with Crippen LogP contribution in [0.2, 0.25) is 0 Å². The van der Waals surface area contributed by atoms with Crippen LogP contribution in [0.1, 0.15) is 62.5 Å². The summed E-state index contributed by atoms with van der Waals surface area (Å²) in [5.74, 6) is 1.05. The first-order valence-electron chi connectivity index (χ1n) is 15.0. The molecule has 0 radical (unpaired) electrons. The highest BCUT2D eigenvalue weighted by atomic mass is 32.2. The molecule has 1 aromatic carbocycles. The third kappa shape index (κ3) is 9.94. The molecule has 2 fully saturated rings. The number of hydrogen-bond donors (Lipinski definition) is 1. The van der Waals surface area contributed by atoms with E-state index in [2.05, 4.69) is 10.2 Å². The number of sulfonamides is 1. The zero-order valence-electron chi connectivity index (χ0n) is 25.6. The van der Waals surface area contributed by atoms with Crippen molar-refractivity contribution >= 4 is 21.8 Å². The molecule has 232 valence electrons. The highest BCUT2D eigenvalue weighted by molar-refractivity contribution is 7.89. The van der Waals surface area contributed by atoms with E-state index in [1.807, 2.05) is 0 Å². The number of carbonyl (C=O) groups is 2. The average molecular weight is 595 g/mol. The first kappa shape index (κ1) is 33.3. The van der Waals surface area contributed by atoms with E-state index in [-0.39, 0.29) is 42.5 Å². The monoisotopic (exact) mass is 594 g/mol. The van der Waals surface area contributed by atoms with Crippen LogP contribution in [0.4, 0.5) is 0 Å². The van der Waals surface area contributed by atoms with Gasteiger partial charge in [-0.2, -0.15) is 4.31 Å². The molecule has 11 heteroatoms. The van der Waals surface area contributed by atoms with Crippen molar-refractivity contribution in [3.63, 3.8) is 0 Å². The second kappa shape index (κ2) is 15.9. The summed E-state index contributed by atoms with van der Waals surface area (Å²) in [5, 5.41) is 3.21. The van der Waals surface area contributed by atoms with E-state index in [0.717, 1.165) is 45.3 Å². The predicted octanol–water partition coefficient (Wildman–Crippen LogP) is 2.96. The molecule has 1 saturated heterocycles. The first-order valence-corrected chi connectivity index (χ1v) is 16.4. The number of rotatable bonds is 14. The molecule has 0 aromatic heterocycles. The van der Waals surface area contributed by atoms with Gasteiger partial charge in [-0.15, -0.1) is 0 Å². The summed E-state index contributed by atoms with van der Waals surface area (Å²) in [4.78, 5) is 29.4. The van der Waals surface area contributed by atoms with Gasteiger partial charge in [-0.25, -0.2) is 8.42 Å². The Morgan fingerprint density at radius 3 is 2.27 bits per heavy atom. The molecule has 1 aliphatic heterocycles. The van der Waals surface area contributed by atoms with Crippen LogP contribution in [0.3, 0.4) is 0 Å². The number of likely N-dealkylation sites (tertiary alicyclic amines) is 1. The molecular formula is C30H50N4O6S. The lowest BCUT2D eigenvalue weighted by molar-refractivity contribution is -0.135. The van der Waals surface area contributed by atoms with Crippen LogP contribution in [-0.4, -0.2) is 108 Å². The number of hydrogen-bond acceptors (Lipinski definition) is 7. The first-order chi connectivity index (χ1) is 19.5. The second-order valence-corrected chi connectivity index (χ2v) is 13.7. The standard InChI is InChI=1S/C30H50N4O6S/c1-23-19-27(39-5)20-24(2)30(23)41(37,38)33(4)17-18-40-22-29(36)32(3)21-25-9-11-26(12-10-25)31-28(35)13-16-34-14-7-6-8-15-34/h19-20,25-26H,6-18,21-22H2,1-5H3,(H,31,35). The quantitative estimate of drug-likeness (QED) is 0.330. The number of amides is 2. The largest absolute Gasteiger partial charge is 0.497 e. The molecule has 3 rings (SSSR count). The lowest BCUT2D eigenvalue weighted by Crippen LogP contribution is -2.42. The van der Waals surface area contributed by atoms with Gasteiger partial charge in [0.2, 0.25) is 21.8 Å². The molecule has 0 spiro atoms. The molecule has 1 saturated carbocycles. The number of nitrogens with one attached hydrogen (secondary N) is 1. The topological polar surface area (TPSA) is 108 Å². The summed E-state index contributed by atoms with van der Waals surface area (Å²) in [7, 11) is 1.14. The number of nitrogens with zero attached hydrogens (tertiary/aromatic N) is 3. The van der Waals surface area contributed by atoms with Gasteiger partial charge in [0.15, 0.2) is 0 Å². The minimum Gasteiger partial charge on any atom is -0.497 e. The number of likely N-dealkylation sites (N-methyl/N-ethyl adjacent to an activating group) is 2. The Labute approximate surface area is 246 Å².